The van der Waals surface area contributed by atoms with Gasteiger partial charge in [0.2, 0.25) is 15.9 Å². The first-order chi connectivity index (χ1) is 9.75. The molecule has 0 saturated heterocycles. The number of likely N-dealkylation sites (N-methyl/N-ethyl adjacent to an activating group) is 1. The molecule has 0 spiro atoms. The van der Waals surface area contributed by atoms with Gasteiger partial charge in [-0.15, -0.1) is 0 Å². The highest BCUT2D eigenvalue weighted by atomic mass is 32.2. The van der Waals surface area contributed by atoms with E-state index >= 15 is 0 Å². The van der Waals surface area contributed by atoms with Crippen LogP contribution in [0.3, 0.4) is 0 Å². The number of carboxylic acids is 1. The third kappa shape index (κ3) is 2.52. The van der Waals surface area contributed by atoms with Crippen molar-refractivity contribution in [3.63, 3.8) is 0 Å². The highest BCUT2D eigenvalue weighted by Gasteiger charge is 2.58. The van der Waals surface area contributed by atoms with Crippen molar-refractivity contribution in [3.05, 3.63) is 29.8 Å². The second kappa shape index (κ2) is 5.12. The zero-order chi connectivity index (χ0) is 15.8. The van der Waals surface area contributed by atoms with Crippen molar-refractivity contribution in [2.24, 2.45) is 5.73 Å². The molecule has 8 heteroatoms. The van der Waals surface area contributed by atoms with Crippen LogP contribution in [-0.4, -0.2) is 41.8 Å². The first-order valence-corrected chi connectivity index (χ1v) is 7.86. The molecular formula is C13H16N2O5S. The molecule has 1 aromatic carbocycles. The van der Waals surface area contributed by atoms with E-state index < -0.39 is 27.4 Å². The third-order valence-corrected chi connectivity index (χ3v) is 5.63. The maximum absolute atomic E-state index is 12.6. The van der Waals surface area contributed by atoms with Crippen LogP contribution in [0.4, 0.5) is 0 Å². The molecular weight excluding hydrogens is 296 g/mol. The maximum atomic E-state index is 12.6. The molecule has 2 rings (SSSR count). The third-order valence-electron chi connectivity index (χ3n) is 3.59. The normalized spacial score (nSPS) is 16.7. The zero-order valence-electron chi connectivity index (χ0n) is 11.4. The average molecular weight is 312 g/mol. The lowest BCUT2D eigenvalue weighted by molar-refractivity contribution is -0.143. The highest BCUT2D eigenvalue weighted by molar-refractivity contribution is 7.89. The standard InChI is InChI=1S/C13H16N2O5S/c1-2-15(13(6-7-13)12(17)18)21(19,20)10-5-3-4-9(8-10)11(14)16/h3-5,8H,2,6-7H2,1H3,(H2,14,16)(H,17,18). The number of amides is 1. The molecule has 7 nitrogen and oxygen atoms in total. The minimum Gasteiger partial charge on any atom is -0.480 e. The molecule has 0 atom stereocenters. The molecule has 0 bridgehead atoms. The Morgan fingerprint density at radius 2 is 2.00 bits per heavy atom. The summed E-state index contributed by atoms with van der Waals surface area (Å²) in [7, 11) is -4.00. The van der Waals surface area contributed by atoms with E-state index in [1.165, 1.54) is 18.2 Å². The van der Waals surface area contributed by atoms with E-state index in [0.29, 0.717) is 0 Å². The van der Waals surface area contributed by atoms with Crippen LogP contribution in [0.1, 0.15) is 30.1 Å². The molecule has 0 heterocycles. The molecule has 0 aliphatic heterocycles. The molecule has 21 heavy (non-hydrogen) atoms. The number of benzene rings is 1. The summed E-state index contributed by atoms with van der Waals surface area (Å²) in [6.07, 6.45) is 0.565. The van der Waals surface area contributed by atoms with Crippen LogP contribution >= 0.6 is 0 Å². The second-order valence-corrected chi connectivity index (χ2v) is 6.76. The van der Waals surface area contributed by atoms with Gasteiger partial charge in [-0.1, -0.05) is 13.0 Å². The van der Waals surface area contributed by atoms with Crippen LogP contribution in [-0.2, 0) is 14.8 Å². The topological polar surface area (TPSA) is 118 Å². The first kappa shape index (κ1) is 15.5. The van der Waals surface area contributed by atoms with Crippen molar-refractivity contribution in [1.82, 2.24) is 4.31 Å². The summed E-state index contributed by atoms with van der Waals surface area (Å²) in [4.78, 5) is 22.4. The number of carboxylic acid groups (broad SMARTS) is 1. The minimum atomic E-state index is -4.00. The van der Waals surface area contributed by atoms with E-state index in [2.05, 4.69) is 0 Å². The number of aliphatic carboxylic acids is 1. The van der Waals surface area contributed by atoms with Gasteiger partial charge in [0.1, 0.15) is 5.54 Å². The molecule has 1 saturated carbocycles. The average Bonchev–Trinajstić information content (AvgIpc) is 3.21. The molecule has 1 aromatic rings. The number of rotatable bonds is 6. The fraction of sp³-hybridized carbons (Fsp3) is 0.385. The SMILES string of the molecule is CCN(C1(C(=O)O)CC1)S(=O)(=O)c1cccc(C(N)=O)c1. The van der Waals surface area contributed by atoms with Crippen LogP contribution in [0.25, 0.3) is 0 Å². The Bertz CT molecular complexity index is 694. The van der Waals surface area contributed by atoms with E-state index in [-0.39, 0.29) is 29.8 Å². The Labute approximate surface area is 122 Å². The van der Waals surface area contributed by atoms with Gasteiger partial charge in [0, 0.05) is 12.1 Å². The number of sulfonamides is 1. The summed E-state index contributed by atoms with van der Waals surface area (Å²) in [5.74, 6) is -1.89. The lowest BCUT2D eigenvalue weighted by atomic mass is 10.2. The van der Waals surface area contributed by atoms with Crippen LogP contribution in [0.2, 0.25) is 0 Å². The predicted octanol–water partition coefficient (Wildman–Crippen LogP) is 0.413. The van der Waals surface area contributed by atoms with Crippen molar-refractivity contribution in [2.45, 2.75) is 30.2 Å². The van der Waals surface area contributed by atoms with Gasteiger partial charge in [-0.25, -0.2) is 8.42 Å². The van der Waals surface area contributed by atoms with Crippen LogP contribution in [0.15, 0.2) is 29.2 Å². The fourth-order valence-electron chi connectivity index (χ4n) is 2.33. The highest BCUT2D eigenvalue weighted by Crippen LogP contribution is 2.44. The predicted molar refractivity (Wildman–Crippen MR) is 74.1 cm³/mol. The number of primary amides is 1. The number of hydrogen-bond donors (Lipinski definition) is 2. The summed E-state index contributed by atoms with van der Waals surface area (Å²) in [5, 5.41) is 9.28. The molecule has 0 radical (unpaired) electrons. The van der Waals surface area contributed by atoms with Gasteiger partial charge in [-0.2, -0.15) is 4.31 Å². The summed E-state index contributed by atoms with van der Waals surface area (Å²) < 4.78 is 26.3. The van der Waals surface area contributed by atoms with Gasteiger partial charge in [-0.05, 0) is 31.0 Å². The van der Waals surface area contributed by atoms with Gasteiger partial charge >= 0.3 is 5.97 Å². The second-order valence-electron chi connectivity index (χ2n) is 4.90. The van der Waals surface area contributed by atoms with E-state index in [9.17, 15) is 23.1 Å². The molecule has 1 amide bonds. The molecule has 1 fully saturated rings. The van der Waals surface area contributed by atoms with Crippen molar-refractivity contribution in [1.29, 1.82) is 0 Å². The maximum Gasteiger partial charge on any atom is 0.325 e. The number of hydrogen-bond acceptors (Lipinski definition) is 4. The lowest BCUT2D eigenvalue weighted by Crippen LogP contribution is -2.47. The lowest BCUT2D eigenvalue weighted by Gasteiger charge is -2.26. The van der Waals surface area contributed by atoms with Crippen molar-refractivity contribution >= 4 is 21.9 Å². The zero-order valence-corrected chi connectivity index (χ0v) is 12.3. The van der Waals surface area contributed by atoms with E-state index in [4.69, 9.17) is 5.73 Å². The van der Waals surface area contributed by atoms with E-state index in [1.807, 2.05) is 0 Å². The van der Waals surface area contributed by atoms with Crippen molar-refractivity contribution < 1.29 is 23.1 Å². The van der Waals surface area contributed by atoms with Gasteiger partial charge in [-0.3, -0.25) is 9.59 Å². The van der Waals surface area contributed by atoms with Gasteiger partial charge in [0.05, 0.1) is 4.90 Å². The number of nitrogens with zero attached hydrogens (tertiary/aromatic N) is 1. The summed E-state index contributed by atoms with van der Waals surface area (Å²) in [6, 6.07) is 5.30. The van der Waals surface area contributed by atoms with Crippen LogP contribution < -0.4 is 5.73 Å². The number of nitrogens with two attached hydrogens (primary N) is 1. The van der Waals surface area contributed by atoms with Gasteiger partial charge < -0.3 is 10.8 Å². The number of carbonyl (C=O) groups is 2. The quantitative estimate of drug-likeness (QED) is 0.789. The van der Waals surface area contributed by atoms with Crippen LogP contribution in [0.5, 0.6) is 0 Å². The van der Waals surface area contributed by atoms with Gasteiger partial charge in [0.25, 0.3) is 0 Å². The Morgan fingerprint density at radius 1 is 1.38 bits per heavy atom. The fourth-order valence-corrected chi connectivity index (χ4v) is 4.17. The Kier molecular flexibility index (Phi) is 3.77. The van der Waals surface area contributed by atoms with Crippen molar-refractivity contribution in [2.75, 3.05) is 6.54 Å². The van der Waals surface area contributed by atoms with Gasteiger partial charge in [0.15, 0.2) is 0 Å². The molecule has 0 aromatic heterocycles. The number of carbonyl (C=O) groups excluding carboxylic acids is 1. The van der Waals surface area contributed by atoms with Crippen molar-refractivity contribution in [3.8, 4) is 0 Å². The first-order valence-electron chi connectivity index (χ1n) is 6.42. The Balaban J connectivity index is 2.48. The minimum absolute atomic E-state index is 0.0371. The molecule has 0 unspecified atom stereocenters. The summed E-state index contributed by atoms with van der Waals surface area (Å²) in [6.45, 7) is 1.62. The van der Waals surface area contributed by atoms with E-state index in [0.717, 1.165) is 10.4 Å². The van der Waals surface area contributed by atoms with Crippen LogP contribution in [0, 0.1) is 0 Å². The molecule has 1 aliphatic carbocycles. The molecule has 3 N–H and O–H groups in total. The monoisotopic (exact) mass is 312 g/mol. The van der Waals surface area contributed by atoms with E-state index in [1.54, 1.807) is 6.92 Å². The summed E-state index contributed by atoms with van der Waals surface area (Å²) in [5.41, 5.74) is 3.84. The largest absolute Gasteiger partial charge is 0.480 e. The molecule has 114 valence electrons. The molecule has 1 aliphatic rings. The smallest absolute Gasteiger partial charge is 0.325 e. The Morgan fingerprint density at radius 3 is 2.43 bits per heavy atom. The summed E-state index contributed by atoms with van der Waals surface area (Å²) >= 11 is 0. The Hall–Kier alpha value is -1.93.